The molecule has 0 saturated heterocycles. The van der Waals surface area contributed by atoms with Gasteiger partial charge < -0.3 is 10.4 Å². The van der Waals surface area contributed by atoms with Crippen LogP contribution in [0.1, 0.15) is 32.3 Å². The number of hydrogen-bond acceptors (Lipinski definition) is 5. The Bertz CT molecular complexity index is 602. The maximum atomic E-state index is 12.2. The Morgan fingerprint density at radius 3 is 2.57 bits per heavy atom. The van der Waals surface area contributed by atoms with E-state index in [0.717, 1.165) is 0 Å². The zero-order valence-electron chi connectivity index (χ0n) is 12.5. The predicted octanol–water partition coefficient (Wildman–Crippen LogP) is 1.47. The summed E-state index contributed by atoms with van der Waals surface area (Å²) in [6.45, 7) is 4.43. The topological polar surface area (TPSA) is 90.2 Å². The lowest BCUT2D eigenvalue weighted by Crippen LogP contribution is -2.41. The van der Waals surface area contributed by atoms with Crippen molar-refractivity contribution >= 4 is 9.84 Å². The molecule has 6 heteroatoms. The van der Waals surface area contributed by atoms with Crippen molar-refractivity contribution in [1.29, 1.82) is 5.26 Å². The molecule has 0 aliphatic carbocycles. The fourth-order valence-electron chi connectivity index (χ4n) is 1.90. The van der Waals surface area contributed by atoms with Crippen LogP contribution in [0.15, 0.2) is 29.2 Å². The van der Waals surface area contributed by atoms with E-state index in [9.17, 15) is 13.5 Å². The SMILES string of the molecule is CCC(O)(CC)CNCCS(=O)(=O)c1cccc(C#N)c1. The van der Waals surface area contributed by atoms with Gasteiger partial charge in [-0.05, 0) is 31.0 Å². The third-order valence-electron chi connectivity index (χ3n) is 3.64. The third-order valence-corrected chi connectivity index (χ3v) is 5.35. The minimum atomic E-state index is -3.42. The van der Waals surface area contributed by atoms with Gasteiger partial charge >= 0.3 is 0 Å². The summed E-state index contributed by atoms with van der Waals surface area (Å²) in [5.74, 6) is -0.0641. The van der Waals surface area contributed by atoms with Gasteiger partial charge in [0.15, 0.2) is 9.84 Å². The van der Waals surface area contributed by atoms with Gasteiger partial charge in [-0.3, -0.25) is 0 Å². The lowest BCUT2D eigenvalue weighted by molar-refractivity contribution is 0.0332. The Morgan fingerprint density at radius 2 is 2.00 bits per heavy atom. The highest BCUT2D eigenvalue weighted by Gasteiger charge is 2.22. The molecular weight excluding hydrogens is 288 g/mol. The van der Waals surface area contributed by atoms with E-state index < -0.39 is 15.4 Å². The van der Waals surface area contributed by atoms with Crippen LogP contribution in [0.25, 0.3) is 0 Å². The molecule has 0 aromatic heterocycles. The number of nitrogens with one attached hydrogen (secondary N) is 1. The van der Waals surface area contributed by atoms with Crippen LogP contribution in [-0.4, -0.2) is 38.0 Å². The summed E-state index contributed by atoms with van der Waals surface area (Å²) < 4.78 is 24.3. The summed E-state index contributed by atoms with van der Waals surface area (Å²) in [5, 5.41) is 21.9. The van der Waals surface area contributed by atoms with Crippen LogP contribution < -0.4 is 5.32 Å². The first-order valence-electron chi connectivity index (χ1n) is 7.03. The molecule has 0 atom stereocenters. The van der Waals surface area contributed by atoms with Gasteiger partial charge in [0.1, 0.15) is 0 Å². The summed E-state index contributed by atoms with van der Waals surface area (Å²) in [4.78, 5) is 0.157. The average Bonchev–Trinajstić information content (AvgIpc) is 2.51. The van der Waals surface area contributed by atoms with Crippen molar-refractivity contribution in [3.8, 4) is 6.07 Å². The Morgan fingerprint density at radius 1 is 1.33 bits per heavy atom. The second-order valence-corrected chi connectivity index (χ2v) is 7.18. The maximum absolute atomic E-state index is 12.2. The number of rotatable bonds is 8. The van der Waals surface area contributed by atoms with E-state index >= 15 is 0 Å². The van der Waals surface area contributed by atoms with E-state index in [-0.39, 0.29) is 17.2 Å². The molecule has 0 bridgehead atoms. The first-order chi connectivity index (χ1) is 9.87. The van der Waals surface area contributed by atoms with E-state index in [1.165, 1.54) is 12.1 Å². The molecule has 0 spiro atoms. The van der Waals surface area contributed by atoms with Gasteiger partial charge in [-0.1, -0.05) is 19.9 Å². The van der Waals surface area contributed by atoms with Crippen LogP contribution in [0.5, 0.6) is 0 Å². The smallest absolute Gasteiger partial charge is 0.179 e. The van der Waals surface area contributed by atoms with Gasteiger partial charge in [0, 0.05) is 13.1 Å². The second-order valence-electron chi connectivity index (χ2n) is 5.07. The summed E-state index contributed by atoms with van der Waals surface area (Å²) in [7, 11) is -3.42. The molecule has 0 unspecified atom stereocenters. The molecular formula is C15H22N2O3S. The molecule has 5 nitrogen and oxygen atoms in total. The first kappa shape index (κ1) is 17.6. The fraction of sp³-hybridized carbons (Fsp3) is 0.533. The maximum Gasteiger partial charge on any atom is 0.179 e. The lowest BCUT2D eigenvalue weighted by Gasteiger charge is -2.25. The zero-order chi connectivity index (χ0) is 15.9. The molecule has 1 aromatic carbocycles. The molecule has 0 aliphatic rings. The van der Waals surface area contributed by atoms with E-state index in [2.05, 4.69) is 5.32 Å². The van der Waals surface area contributed by atoms with Crippen LogP contribution in [-0.2, 0) is 9.84 Å². The lowest BCUT2D eigenvalue weighted by atomic mass is 9.98. The summed E-state index contributed by atoms with van der Waals surface area (Å²) in [6, 6.07) is 7.93. The molecule has 21 heavy (non-hydrogen) atoms. The molecule has 0 aliphatic heterocycles. The van der Waals surface area contributed by atoms with Gasteiger partial charge in [-0.2, -0.15) is 5.26 Å². The van der Waals surface area contributed by atoms with Crippen LogP contribution in [0.3, 0.4) is 0 Å². The standard InChI is InChI=1S/C15H22N2O3S/c1-3-15(18,4-2)12-17-8-9-21(19,20)14-7-5-6-13(10-14)11-16/h5-7,10,17-18H,3-4,8-9,12H2,1-2H3. The molecule has 0 amide bonds. The van der Waals surface area contributed by atoms with Crippen molar-refractivity contribution in [1.82, 2.24) is 5.32 Å². The largest absolute Gasteiger partial charge is 0.389 e. The highest BCUT2D eigenvalue weighted by Crippen LogP contribution is 2.14. The van der Waals surface area contributed by atoms with Crippen molar-refractivity contribution in [2.45, 2.75) is 37.2 Å². The van der Waals surface area contributed by atoms with Gasteiger partial charge in [0.05, 0.1) is 27.9 Å². The molecule has 116 valence electrons. The molecule has 0 heterocycles. The normalized spacial score (nSPS) is 12.1. The Kier molecular flexibility index (Phi) is 6.34. The zero-order valence-corrected chi connectivity index (χ0v) is 13.3. The van der Waals surface area contributed by atoms with Crippen LogP contribution >= 0.6 is 0 Å². The van der Waals surface area contributed by atoms with Crippen LogP contribution in [0.4, 0.5) is 0 Å². The predicted molar refractivity (Wildman–Crippen MR) is 81.6 cm³/mol. The number of nitrogens with zero attached hydrogens (tertiary/aromatic N) is 1. The Hall–Kier alpha value is -1.42. The van der Waals surface area contributed by atoms with E-state index in [0.29, 0.717) is 24.9 Å². The molecule has 0 fully saturated rings. The fourth-order valence-corrected chi connectivity index (χ4v) is 3.15. The quantitative estimate of drug-likeness (QED) is 0.710. The average molecular weight is 310 g/mol. The third kappa shape index (κ3) is 5.12. The summed E-state index contributed by atoms with van der Waals surface area (Å²) in [5.41, 5.74) is -0.458. The molecule has 1 rings (SSSR count). The van der Waals surface area contributed by atoms with Crippen molar-refractivity contribution in [3.63, 3.8) is 0 Å². The van der Waals surface area contributed by atoms with Gasteiger partial charge in [0.2, 0.25) is 0 Å². The highest BCUT2D eigenvalue weighted by atomic mass is 32.2. The second kappa shape index (κ2) is 7.55. The number of nitriles is 1. The van der Waals surface area contributed by atoms with Gasteiger partial charge in [-0.25, -0.2) is 8.42 Å². The molecule has 2 N–H and O–H groups in total. The van der Waals surface area contributed by atoms with E-state index in [1.807, 2.05) is 19.9 Å². The first-order valence-corrected chi connectivity index (χ1v) is 8.68. The molecule has 1 aromatic rings. The van der Waals surface area contributed by atoms with Crippen LogP contribution in [0.2, 0.25) is 0 Å². The number of aliphatic hydroxyl groups is 1. The van der Waals surface area contributed by atoms with Gasteiger partial charge in [-0.15, -0.1) is 0 Å². The monoisotopic (exact) mass is 310 g/mol. The van der Waals surface area contributed by atoms with Crippen molar-refractivity contribution in [2.75, 3.05) is 18.8 Å². The number of hydrogen-bond donors (Lipinski definition) is 2. The van der Waals surface area contributed by atoms with Gasteiger partial charge in [0.25, 0.3) is 0 Å². The van der Waals surface area contributed by atoms with E-state index in [4.69, 9.17) is 5.26 Å². The summed E-state index contributed by atoms with van der Waals surface area (Å²) >= 11 is 0. The number of benzene rings is 1. The Labute approximate surface area is 126 Å². The Balaban J connectivity index is 2.60. The minimum absolute atomic E-state index is 0.0641. The van der Waals surface area contributed by atoms with Crippen molar-refractivity contribution in [3.05, 3.63) is 29.8 Å². The molecule has 0 radical (unpaired) electrons. The van der Waals surface area contributed by atoms with Crippen molar-refractivity contribution in [2.24, 2.45) is 0 Å². The van der Waals surface area contributed by atoms with Crippen LogP contribution in [0, 0.1) is 11.3 Å². The number of sulfone groups is 1. The van der Waals surface area contributed by atoms with E-state index in [1.54, 1.807) is 12.1 Å². The highest BCUT2D eigenvalue weighted by molar-refractivity contribution is 7.91. The summed E-state index contributed by atoms with van der Waals surface area (Å²) in [6.07, 6.45) is 1.24. The molecule has 0 saturated carbocycles. The minimum Gasteiger partial charge on any atom is -0.389 e. The van der Waals surface area contributed by atoms with Crippen molar-refractivity contribution < 1.29 is 13.5 Å².